The largest absolute Gasteiger partial charge is 0.464 e. The molecule has 14 nitrogen and oxygen atoms in total. The molecule has 14 heteroatoms. The number of hydrogen-bond donors (Lipinski definition) is 0. The number of carbonyl (C=O) groups excluding carboxylic acids is 7. The quantitative estimate of drug-likeness (QED) is 0.0242. The van der Waals surface area contributed by atoms with E-state index >= 15 is 0 Å². The Bertz CT molecular complexity index is 2020. The summed E-state index contributed by atoms with van der Waals surface area (Å²) in [4.78, 5) is 96.0. The van der Waals surface area contributed by atoms with Crippen molar-refractivity contribution in [2.45, 2.75) is 453 Å². The van der Waals surface area contributed by atoms with Gasteiger partial charge in [-0.1, -0.05) is 387 Å². The van der Waals surface area contributed by atoms with Crippen molar-refractivity contribution < 1.29 is 66.7 Å². The second-order valence-corrected chi connectivity index (χ2v) is 31.7. The smallest absolute Gasteiger partial charge is 0.319 e. The topological polar surface area (TPSA) is 184 Å². The highest BCUT2D eigenvalue weighted by atomic mass is 16.6. The zero-order chi connectivity index (χ0) is 75.7. The molecule has 0 bridgehead atoms. The summed E-state index contributed by atoms with van der Waals surface area (Å²) in [5.74, 6) is -2.49. The number of carbonyl (C=O) groups is 7. The van der Waals surface area contributed by atoms with Crippen molar-refractivity contribution in [2.24, 2.45) is 16.2 Å². The summed E-state index contributed by atoms with van der Waals surface area (Å²) in [6.45, 7) is 9.72. The number of unbranched alkanes of at least 4 members (excludes halogenated alkanes) is 55. The Balaban J connectivity index is 6.01. The van der Waals surface area contributed by atoms with Gasteiger partial charge in [-0.2, -0.15) is 0 Å². The minimum atomic E-state index is -1.85. The van der Waals surface area contributed by atoms with E-state index in [2.05, 4.69) is 33.6 Å². The highest BCUT2D eigenvalue weighted by molar-refractivity contribution is 5.82. The van der Waals surface area contributed by atoms with Gasteiger partial charge in [0.25, 0.3) is 0 Å². The van der Waals surface area contributed by atoms with Crippen LogP contribution < -0.4 is 0 Å². The van der Waals surface area contributed by atoms with Crippen LogP contribution in [0.5, 0.6) is 0 Å². The first-order chi connectivity index (χ1) is 50.1. The van der Waals surface area contributed by atoms with Crippen molar-refractivity contribution in [1.29, 1.82) is 0 Å². The predicted molar refractivity (Wildman–Crippen MR) is 423 cm³/mol. The SMILES string of the molecule is C#CCOC(=O)C(C)(COC(=O)C(C)(COC(=O)CCCCCCCCCCCCCCCC)COC(=O)CCCCCCCCCCCCCCCCC)COC(=O)C(C)(COC(=O)CCCCCCCCCCCCCCCCC)COC(=O)CCCCCCCCCCCCCCCCC. The number of ether oxygens (including phenoxy) is 7. The van der Waals surface area contributed by atoms with E-state index in [1.54, 1.807) is 0 Å². The highest BCUT2D eigenvalue weighted by Crippen LogP contribution is 2.30. The molecule has 602 valence electrons. The van der Waals surface area contributed by atoms with E-state index in [4.69, 9.17) is 39.6 Å². The standard InChI is InChI=1S/C89H162O14/c1-9-14-18-22-26-30-34-38-42-46-50-54-58-62-66-70-81(91)99-75-87(6,74-98-80(90)69-65-61-57-53-49-45-41-37-33-29-25-21-17-12-4)85(95)102-78-89(8,84(94)97-73-13-5)79-103-86(96)88(7,76-100-82(92)71-67-63-59-55-51-47-43-39-35-31-27-23-19-15-10-2)77-101-83(93)72-68-64-60-56-52-48-44-40-36-32-28-24-20-16-11-3/h5H,9-12,14-79H2,1-4,6-8H3. The average Bonchev–Trinajstić information content (AvgIpc) is 0.832. The Kier molecular flexibility index (Phi) is 69.2. The van der Waals surface area contributed by atoms with Crippen LogP contribution in [0.1, 0.15) is 453 Å². The van der Waals surface area contributed by atoms with Crippen LogP contribution in [-0.2, 0) is 66.7 Å². The van der Waals surface area contributed by atoms with Gasteiger partial charge in [0.05, 0.1) is 0 Å². The maximum Gasteiger partial charge on any atom is 0.319 e. The summed E-state index contributed by atoms with van der Waals surface area (Å²) >= 11 is 0. The van der Waals surface area contributed by atoms with Crippen LogP contribution in [0, 0.1) is 28.6 Å². The van der Waals surface area contributed by atoms with Gasteiger partial charge in [-0.25, -0.2) is 0 Å². The summed E-state index contributed by atoms with van der Waals surface area (Å²) in [7, 11) is 0. The van der Waals surface area contributed by atoms with Crippen molar-refractivity contribution >= 4 is 41.8 Å². The van der Waals surface area contributed by atoms with E-state index in [0.29, 0.717) is 25.7 Å². The Morgan fingerprint density at radius 3 is 0.505 bits per heavy atom. The number of hydrogen-bond acceptors (Lipinski definition) is 14. The molecular weight excluding hydrogens is 1290 g/mol. The fourth-order valence-electron chi connectivity index (χ4n) is 13.2. The van der Waals surface area contributed by atoms with E-state index in [0.717, 1.165) is 77.0 Å². The first-order valence-electron chi connectivity index (χ1n) is 43.6. The minimum Gasteiger partial charge on any atom is -0.464 e. The van der Waals surface area contributed by atoms with Gasteiger partial charge in [-0.05, 0) is 46.5 Å². The van der Waals surface area contributed by atoms with E-state index in [-0.39, 0.29) is 25.7 Å². The second-order valence-electron chi connectivity index (χ2n) is 31.7. The lowest BCUT2D eigenvalue weighted by Gasteiger charge is -2.32. The molecule has 0 aliphatic carbocycles. The molecule has 0 spiro atoms. The van der Waals surface area contributed by atoms with E-state index in [9.17, 15) is 33.6 Å². The van der Waals surface area contributed by atoms with Crippen molar-refractivity contribution in [3.8, 4) is 12.3 Å². The van der Waals surface area contributed by atoms with E-state index in [1.165, 1.54) is 297 Å². The summed E-state index contributed by atoms with van der Waals surface area (Å²) in [5.41, 5.74) is -5.24. The van der Waals surface area contributed by atoms with Gasteiger partial charge < -0.3 is 33.2 Å². The highest BCUT2D eigenvalue weighted by Gasteiger charge is 2.45. The summed E-state index contributed by atoms with van der Waals surface area (Å²) < 4.78 is 40.2. The second kappa shape index (κ2) is 72.1. The lowest BCUT2D eigenvalue weighted by molar-refractivity contribution is -0.181. The number of esters is 7. The van der Waals surface area contributed by atoms with Crippen LogP contribution in [0.2, 0.25) is 0 Å². The Labute approximate surface area is 633 Å². The van der Waals surface area contributed by atoms with Crippen molar-refractivity contribution in [1.82, 2.24) is 0 Å². The van der Waals surface area contributed by atoms with Crippen molar-refractivity contribution in [2.75, 3.05) is 46.2 Å². The molecule has 0 fully saturated rings. The van der Waals surface area contributed by atoms with Crippen LogP contribution in [-0.4, -0.2) is 88.0 Å². The number of rotatable bonds is 79. The molecule has 0 aromatic rings. The molecular formula is C89H162O14. The average molecular weight is 1460 g/mol. The molecule has 0 aromatic carbocycles. The van der Waals surface area contributed by atoms with Gasteiger partial charge in [-0.3, -0.25) is 33.6 Å². The molecule has 0 saturated heterocycles. The predicted octanol–water partition coefficient (Wildman–Crippen LogP) is 25.1. The molecule has 103 heavy (non-hydrogen) atoms. The van der Waals surface area contributed by atoms with E-state index < -0.39 is 104 Å². The fraction of sp³-hybridized carbons (Fsp3) is 0.899. The third-order valence-electron chi connectivity index (χ3n) is 20.7. The van der Waals surface area contributed by atoms with Crippen molar-refractivity contribution in [3.05, 3.63) is 0 Å². The molecule has 0 heterocycles. The van der Waals surface area contributed by atoms with Gasteiger partial charge >= 0.3 is 41.8 Å². The van der Waals surface area contributed by atoms with Gasteiger partial charge in [0.1, 0.15) is 55.9 Å². The summed E-state index contributed by atoms with van der Waals surface area (Å²) in [5, 5.41) is 0. The maximum atomic E-state index is 14.4. The number of terminal acetylenes is 1. The molecule has 0 rings (SSSR count). The molecule has 0 aromatic heterocycles. The molecule has 2 atom stereocenters. The zero-order valence-corrected chi connectivity index (χ0v) is 68.3. The first kappa shape index (κ1) is 98.8. The fourth-order valence-corrected chi connectivity index (χ4v) is 13.2. The lowest BCUT2D eigenvalue weighted by atomic mass is 9.90. The molecule has 0 aliphatic heterocycles. The molecule has 2 unspecified atom stereocenters. The van der Waals surface area contributed by atoms with Crippen LogP contribution in [0.3, 0.4) is 0 Å². The monoisotopic (exact) mass is 1460 g/mol. The van der Waals surface area contributed by atoms with Crippen molar-refractivity contribution in [3.63, 3.8) is 0 Å². The Morgan fingerprint density at radius 1 is 0.214 bits per heavy atom. The third kappa shape index (κ3) is 61.6. The summed E-state index contributed by atoms with van der Waals surface area (Å²) in [6, 6.07) is 0. The van der Waals surface area contributed by atoms with Gasteiger partial charge in [0.2, 0.25) is 0 Å². The zero-order valence-electron chi connectivity index (χ0n) is 68.3. The Morgan fingerprint density at radius 2 is 0.350 bits per heavy atom. The third-order valence-corrected chi connectivity index (χ3v) is 20.7. The van der Waals surface area contributed by atoms with Gasteiger partial charge in [0, 0.05) is 25.7 Å². The van der Waals surface area contributed by atoms with Crippen LogP contribution >= 0.6 is 0 Å². The maximum absolute atomic E-state index is 14.4. The Hall–Kier alpha value is -4.15. The molecule has 0 aliphatic rings. The van der Waals surface area contributed by atoms with Crippen LogP contribution in [0.15, 0.2) is 0 Å². The molecule has 0 amide bonds. The normalized spacial score (nSPS) is 12.6. The van der Waals surface area contributed by atoms with Gasteiger partial charge in [-0.15, -0.1) is 6.42 Å². The van der Waals surface area contributed by atoms with Gasteiger partial charge in [0.15, 0.2) is 6.61 Å². The minimum absolute atomic E-state index is 0.156. The van der Waals surface area contributed by atoms with Crippen LogP contribution in [0.4, 0.5) is 0 Å². The lowest BCUT2D eigenvalue weighted by Crippen LogP contribution is -2.46. The van der Waals surface area contributed by atoms with E-state index in [1.807, 2.05) is 0 Å². The van der Waals surface area contributed by atoms with Crippen LogP contribution in [0.25, 0.3) is 0 Å². The molecule has 0 saturated carbocycles. The first-order valence-corrected chi connectivity index (χ1v) is 43.6. The molecule has 0 radical (unpaired) electrons. The summed E-state index contributed by atoms with van der Waals surface area (Å²) in [6.07, 6.45) is 76.3. The molecule has 0 N–H and O–H groups in total.